The standard InChI is InChI=1S/C42H50N6O6/c1-27-19-29(20-30-6-8-39(49)44-41(30)51)5-7-36(27)47-13-10-28(11-14-47)21-40(50)48-17-15-46(16-18-48)26-35-37(53-3)22-31(23-38(35)54-4)34-25-45(2)42(52)33-24-43-12-9-32(33)34/h5,7,9,12,19,22-25,28,30H,6,8,10-11,13-18,20-21,26H2,1-4H3,(H,44,49,51)/t30-/m1/s1. The summed E-state index contributed by atoms with van der Waals surface area (Å²) >= 11 is 0. The SMILES string of the molecule is COc1cc(-c2cn(C)c(=O)c3cnccc23)cc(OC)c1CN1CCN(C(=O)CC2CCN(c3ccc(C[C@H]4CCC(=O)NC4=O)cc3C)CC2)CC1. The van der Waals surface area contributed by atoms with Crippen molar-refractivity contribution >= 4 is 34.2 Å². The smallest absolute Gasteiger partial charge is 0.259 e. The summed E-state index contributed by atoms with van der Waals surface area (Å²) < 4.78 is 13.4. The van der Waals surface area contributed by atoms with E-state index in [-0.39, 0.29) is 29.2 Å². The van der Waals surface area contributed by atoms with E-state index in [0.29, 0.717) is 68.1 Å². The maximum Gasteiger partial charge on any atom is 0.259 e. The number of benzene rings is 2. The zero-order valence-corrected chi connectivity index (χ0v) is 31.7. The normalized spacial score (nSPS) is 18.6. The number of fused-ring (bicyclic) bond motifs is 1. The molecule has 3 fully saturated rings. The van der Waals surface area contributed by atoms with Crippen molar-refractivity contribution in [2.45, 2.75) is 52.0 Å². The largest absolute Gasteiger partial charge is 0.496 e. The number of nitrogens with zero attached hydrogens (tertiary/aromatic N) is 5. The zero-order chi connectivity index (χ0) is 37.9. The third-order valence-electron chi connectivity index (χ3n) is 11.5. The molecule has 0 bridgehead atoms. The van der Waals surface area contributed by atoms with Crippen LogP contribution in [0.2, 0.25) is 0 Å². The van der Waals surface area contributed by atoms with Crippen LogP contribution in [0.25, 0.3) is 21.9 Å². The number of nitrogens with one attached hydrogen (secondary N) is 1. The van der Waals surface area contributed by atoms with Crippen molar-refractivity contribution in [2.24, 2.45) is 18.9 Å². The number of carbonyl (C=O) groups excluding carboxylic acids is 3. The number of methoxy groups -OCH3 is 2. The molecule has 0 radical (unpaired) electrons. The van der Waals surface area contributed by atoms with Gasteiger partial charge in [0.05, 0.1) is 25.2 Å². The Bertz CT molecular complexity index is 2090. The lowest BCUT2D eigenvalue weighted by Gasteiger charge is -2.37. The molecule has 0 unspecified atom stereocenters. The molecule has 0 spiro atoms. The third kappa shape index (κ3) is 7.84. The Labute approximate surface area is 316 Å². The lowest BCUT2D eigenvalue weighted by molar-refractivity contribution is -0.136. The fraction of sp³-hybridized carbons (Fsp3) is 0.452. The first kappa shape index (κ1) is 37.1. The lowest BCUT2D eigenvalue weighted by Crippen LogP contribution is -2.49. The molecule has 12 heteroatoms. The highest BCUT2D eigenvalue weighted by atomic mass is 16.5. The molecule has 54 heavy (non-hydrogen) atoms. The Morgan fingerprint density at radius 1 is 0.907 bits per heavy atom. The molecule has 2 aromatic heterocycles. The van der Waals surface area contributed by atoms with Crippen molar-refractivity contribution in [2.75, 3.05) is 58.4 Å². The predicted molar refractivity (Wildman–Crippen MR) is 208 cm³/mol. The molecule has 284 valence electrons. The fourth-order valence-corrected chi connectivity index (χ4v) is 8.39. The molecule has 7 rings (SSSR count). The second-order valence-corrected chi connectivity index (χ2v) is 15.0. The number of imide groups is 1. The second-order valence-electron chi connectivity index (χ2n) is 15.0. The van der Waals surface area contributed by atoms with Crippen molar-refractivity contribution in [3.05, 3.63) is 82.0 Å². The van der Waals surface area contributed by atoms with Gasteiger partial charge in [-0.3, -0.25) is 34.4 Å². The summed E-state index contributed by atoms with van der Waals surface area (Å²) in [6.45, 7) is 7.46. The zero-order valence-electron chi connectivity index (χ0n) is 31.7. The average molecular weight is 735 g/mol. The summed E-state index contributed by atoms with van der Waals surface area (Å²) in [5.41, 5.74) is 6.15. The van der Waals surface area contributed by atoms with E-state index in [1.54, 1.807) is 38.2 Å². The number of piperidine rings is 2. The Hall–Kier alpha value is -5.23. The van der Waals surface area contributed by atoms with Gasteiger partial charge in [0, 0.05) is 101 Å². The summed E-state index contributed by atoms with van der Waals surface area (Å²) in [4.78, 5) is 60.9. The summed E-state index contributed by atoms with van der Waals surface area (Å²) in [6, 6.07) is 12.3. The molecule has 12 nitrogen and oxygen atoms in total. The molecular formula is C42H50N6O6. The van der Waals surface area contributed by atoms with Gasteiger partial charge in [-0.25, -0.2) is 0 Å². The van der Waals surface area contributed by atoms with Crippen molar-refractivity contribution in [3.8, 4) is 22.6 Å². The number of ether oxygens (including phenoxy) is 2. The number of carbonyl (C=O) groups is 3. The molecular weight excluding hydrogens is 684 g/mol. The highest BCUT2D eigenvalue weighted by Gasteiger charge is 2.29. The molecule has 1 atom stereocenters. The number of pyridine rings is 2. The van der Waals surface area contributed by atoms with Crippen molar-refractivity contribution in [1.29, 1.82) is 0 Å². The van der Waals surface area contributed by atoms with E-state index < -0.39 is 0 Å². The number of piperazine rings is 1. The molecule has 0 saturated carbocycles. The Balaban J connectivity index is 0.917. The lowest BCUT2D eigenvalue weighted by atomic mass is 9.90. The number of amides is 3. The van der Waals surface area contributed by atoms with Gasteiger partial charge in [0.2, 0.25) is 17.7 Å². The number of anilines is 1. The van der Waals surface area contributed by atoms with E-state index in [1.165, 1.54) is 11.3 Å². The molecule has 4 aromatic rings. The molecule has 3 saturated heterocycles. The van der Waals surface area contributed by atoms with Crippen molar-refractivity contribution in [3.63, 3.8) is 0 Å². The first-order chi connectivity index (χ1) is 26.1. The van der Waals surface area contributed by atoms with Gasteiger partial charge in [-0.1, -0.05) is 12.1 Å². The Morgan fingerprint density at radius 3 is 2.30 bits per heavy atom. The van der Waals surface area contributed by atoms with Crippen LogP contribution < -0.4 is 25.2 Å². The van der Waals surface area contributed by atoms with Gasteiger partial charge in [-0.05, 0) is 84.9 Å². The number of hydrogen-bond acceptors (Lipinski definition) is 9. The van der Waals surface area contributed by atoms with Crippen LogP contribution in [0, 0.1) is 18.8 Å². The van der Waals surface area contributed by atoms with Gasteiger partial charge >= 0.3 is 0 Å². The van der Waals surface area contributed by atoms with Gasteiger partial charge in [-0.2, -0.15) is 0 Å². The number of hydrogen-bond donors (Lipinski definition) is 1. The molecule has 0 aliphatic carbocycles. The van der Waals surface area contributed by atoms with Crippen LogP contribution in [0.5, 0.6) is 11.5 Å². The third-order valence-corrected chi connectivity index (χ3v) is 11.5. The van der Waals surface area contributed by atoms with E-state index in [9.17, 15) is 19.2 Å². The van der Waals surface area contributed by atoms with Crippen LogP contribution in [-0.2, 0) is 34.4 Å². The molecule has 3 aliphatic heterocycles. The average Bonchev–Trinajstić information content (AvgIpc) is 3.18. The highest BCUT2D eigenvalue weighted by Crippen LogP contribution is 2.38. The van der Waals surface area contributed by atoms with Crippen LogP contribution in [0.3, 0.4) is 0 Å². The monoisotopic (exact) mass is 734 g/mol. The molecule has 1 N–H and O–H groups in total. The van der Waals surface area contributed by atoms with Gasteiger partial charge in [-0.15, -0.1) is 0 Å². The minimum absolute atomic E-state index is 0.0976. The first-order valence-corrected chi connectivity index (χ1v) is 19.0. The quantitative estimate of drug-likeness (QED) is 0.235. The molecule has 3 amide bonds. The van der Waals surface area contributed by atoms with Gasteiger partial charge in [0.25, 0.3) is 5.56 Å². The molecule has 5 heterocycles. The fourth-order valence-electron chi connectivity index (χ4n) is 8.39. The van der Waals surface area contributed by atoms with Gasteiger partial charge in [0.15, 0.2) is 0 Å². The highest BCUT2D eigenvalue weighted by molar-refractivity contribution is 5.98. The van der Waals surface area contributed by atoms with Crippen LogP contribution >= 0.6 is 0 Å². The van der Waals surface area contributed by atoms with Crippen LogP contribution in [0.1, 0.15) is 48.8 Å². The van der Waals surface area contributed by atoms with Crippen LogP contribution in [-0.4, -0.2) is 90.6 Å². The number of aromatic nitrogens is 2. The van der Waals surface area contributed by atoms with Crippen LogP contribution in [0.4, 0.5) is 5.69 Å². The van der Waals surface area contributed by atoms with E-state index >= 15 is 0 Å². The summed E-state index contributed by atoms with van der Waals surface area (Å²) in [5.74, 6) is 1.53. The topological polar surface area (TPSA) is 126 Å². The summed E-state index contributed by atoms with van der Waals surface area (Å²) in [5, 5.41) is 3.84. The summed E-state index contributed by atoms with van der Waals surface area (Å²) in [6.07, 6.45) is 9.32. The number of rotatable bonds is 10. The molecule has 2 aromatic carbocycles. The second kappa shape index (κ2) is 16.0. The van der Waals surface area contributed by atoms with E-state index in [2.05, 4.69) is 45.2 Å². The van der Waals surface area contributed by atoms with Gasteiger partial charge < -0.3 is 23.8 Å². The Morgan fingerprint density at radius 2 is 1.63 bits per heavy atom. The van der Waals surface area contributed by atoms with Gasteiger partial charge in [0.1, 0.15) is 11.5 Å². The minimum atomic E-state index is -0.179. The Kier molecular flexibility index (Phi) is 11.0. The predicted octanol–water partition coefficient (Wildman–Crippen LogP) is 4.47. The van der Waals surface area contributed by atoms with Crippen LogP contribution in [0.15, 0.2) is 59.8 Å². The minimum Gasteiger partial charge on any atom is -0.496 e. The summed E-state index contributed by atoms with van der Waals surface area (Å²) in [7, 11) is 5.07. The van der Waals surface area contributed by atoms with Crippen molar-refractivity contribution < 1.29 is 23.9 Å². The maximum absolute atomic E-state index is 13.5. The van der Waals surface area contributed by atoms with Crippen molar-refractivity contribution in [1.82, 2.24) is 24.7 Å². The molecule has 3 aliphatic rings. The van der Waals surface area contributed by atoms with E-state index in [0.717, 1.165) is 66.7 Å². The number of aryl methyl sites for hydroxylation is 2. The van der Waals surface area contributed by atoms with E-state index in [4.69, 9.17) is 9.47 Å². The maximum atomic E-state index is 13.5. The first-order valence-electron chi connectivity index (χ1n) is 19.0. The van der Waals surface area contributed by atoms with E-state index in [1.807, 2.05) is 29.3 Å².